The highest BCUT2D eigenvalue weighted by Gasteiger charge is 2.34. The fourth-order valence-electron chi connectivity index (χ4n) is 3.19. The fourth-order valence-corrected chi connectivity index (χ4v) is 3.19. The van der Waals surface area contributed by atoms with Crippen LogP contribution in [0.5, 0.6) is 0 Å². The highest BCUT2D eigenvalue weighted by molar-refractivity contribution is 5.91. The molecule has 1 atom stereocenters. The number of hydrogen-bond acceptors (Lipinski definition) is 2. The Labute approximate surface area is 153 Å². The molecule has 140 valence electrons. The van der Waals surface area contributed by atoms with Crippen molar-refractivity contribution in [2.45, 2.75) is 25.2 Å². The molecule has 0 spiro atoms. The van der Waals surface area contributed by atoms with Crippen molar-refractivity contribution in [3.05, 3.63) is 71.8 Å². The first-order chi connectivity index (χ1) is 12.7. The van der Waals surface area contributed by atoms with Crippen LogP contribution in [-0.2, 0) is 28.7 Å². The number of rotatable bonds is 3. The molecule has 0 bridgehead atoms. The Kier molecular flexibility index (Phi) is 4.78. The number of halogens is 3. The number of carbonyl (C=O) groups excluding carboxylic acids is 1. The molecule has 3 rings (SSSR count). The standard InChI is InChI=1S/C20H16F3NO3/c1-2-18(25)24-11-15-9-13(3-4-14(15)10-17(24)19(26)27)12-5-7-16(8-6-12)20(21,22)23/h2-9,17H,1,10-11H2,(H,26,27)/t17-/m0/s1. The predicted octanol–water partition coefficient (Wildman–Crippen LogP) is 3.90. The van der Waals surface area contributed by atoms with Gasteiger partial charge in [-0.1, -0.05) is 30.8 Å². The minimum Gasteiger partial charge on any atom is -0.480 e. The van der Waals surface area contributed by atoms with Crippen molar-refractivity contribution >= 4 is 11.9 Å². The summed E-state index contributed by atoms with van der Waals surface area (Å²) in [4.78, 5) is 24.7. The largest absolute Gasteiger partial charge is 0.480 e. The molecule has 0 aliphatic carbocycles. The number of carboxylic acid groups (broad SMARTS) is 1. The molecule has 0 aromatic heterocycles. The van der Waals surface area contributed by atoms with Gasteiger partial charge in [0, 0.05) is 13.0 Å². The number of carbonyl (C=O) groups is 2. The molecule has 27 heavy (non-hydrogen) atoms. The summed E-state index contributed by atoms with van der Waals surface area (Å²) in [6.45, 7) is 3.51. The van der Waals surface area contributed by atoms with Gasteiger partial charge in [-0.25, -0.2) is 4.79 Å². The van der Waals surface area contributed by atoms with Crippen LogP contribution in [-0.4, -0.2) is 27.9 Å². The van der Waals surface area contributed by atoms with Gasteiger partial charge >= 0.3 is 12.1 Å². The summed E-state index contributed by atoms with van der Waals surface area (Å²) >= 11 is 0. The minimum absolute atomic E-state index is 0.103. The number of aliphatic carboxylic acids is 1. The Hall–Kier alpha value is -3.09. The highest BCUT2D eigenvalue weighted by Crippen LogP contribution is 2.32. The van der Waals surface area contributed by atoms with E-state index < -0.39 is 29.7 Å². The Morgan fingerprint density at radius 1 is 1.07 bits per heavy atom. The Morgan fingerprint density at radius 3 is 2.26 bits per heavy atom. The van der Waals surface area contributed by atoms with Crippen molar-refractivity contribution in [2.75, 3.05) is 0 Å². The van der Waals surface area contributed by atoms with Crippen molar-refractivity contribution in [1.82, 2.24) is 4.90 Å². The van der Waals surface area contributed by atoms with Gasteiger partial charge in [-0.15, -0.1) is 0 Å². The highest BCUT2D eigenvalue weighted by atomic mass is 19.4. The van der Waals surface area contributed by atoms with Crippen LogP contribution in [0, 0.1) is 0 Å². The molecule has 2 aromatic rings. The lowest BCUT2D eigenvalue weighted by Crippen LogP contribution is -2.48. The number of fused-ring (bicyclic) bond motifs is 1. The van der Waals surface area contributed by atoms with E-state index in [9.17, 15) is 27.9 Å². The molecule has 0 fully saturated rings. The van der Waals surface area contributed by atoms with Gasteiger partial charge in [0.05, 0.1) is 5.56 Å². The maximum atomic E-state index is 12.7. The second kappa shape index (κ2) is 6.90. The van der Waals surface area contributed by atoms with E-state index in [4.69, 9.17) is 0 Å². The molecular weight excluding hydrogens is 359 g/mol. The number of amides is 1. The maximum Gasteiger partial charge on any atom is 0.416 e. The van der Waals surface area contributed by atoms with E-state index in [1.165, 1.54) is 17.0 Å². The molecule has 1 N–H and O–H groups in total. The normalized spacial score (nSPS) is 16.6. The van der Waals surface area contributed by atoms with Crippen molar-refractivity contribution < 1.29 is 27.9 Å². The summed E-state index contributed by atoms with van der Waals surface area (Å²) in [6.07, 6.45) is -3.16. The van der Waals surface area contributed by atoms with Crippen LogP contribution in [0.4, 0.5) is 13.2 Å². The van der Waals surface area contributed by atoms with E-state index >= 15 is 0 Å². The van der Waals surface area contributed by atoms with Gasteiger partial charge in [-0.05, 0) is 46.5 Å². The molecular formula is C20H16F3NO3. The van der Waals surface area contributed by atoms with E-state index in [-0.39, 0.29) is 13.0 Å². The maximum absolute atomic E-state index is 12.7. The van der Waals surface area contributed by atoms with E-state index in [2.05, 4.69) is 6.58 Å². The Balaban J connectivity index is 1.94. The molecule has 1 aliphatic rings. The number of benzene rings is 2. The molecule has 7 heteroatoms. The molecule has 0 saturated heterocycles. The minimum atomic E-state index is -4.40. The first-order valence-corrected chi connectivity index (χ1v) is 8.16. The molecule has 1 aliphatic heterocycles. The first-order valence-electron chi connectivity index (χ1n) is 8.16. The van der Waals surface area contributed by atoms with E-state index in [0.29, 0.717) is 11.1 Å². The number of alkyl halides is 3. The van der Waals surface area contributed by atoms with Crippen molar-refractivity contribution in [1.29, 1.82) is 0 Å². The molecule has 1 amide bonds. The second-order valence-corrected chi connectivity index (χ2v) is 6.29. The molecule has 0 radical (unpaired) electrons. The quantitative estimate of drug-likeness (QED) is 0.828. The third-order valence-electron chi connectivity index (χ3n) is 4.62. The molecule has 2 aromatic carbocycles. The van der Waals surface area contributed by atoms with E-state index in [1.807, 2.05) is 0 Å². The van der Waals surface area contributed by atoms with Crippen molar-refractivity contribution in [3.63, 3.8) is 0 Å². The lowest BCUT2D eigenvalue weighted by molar-refractivity contribution is -0.149. The van der Waals surface area contributed by atoms with E-state index in [1.54, 1.807) is 18.2 Å². The lowest BCUT2D eigenvalue weighted by Gasteiger charge is -2.34. The lowest BCUT2D eigenvalue weighted by atomic mass is 9.90. The second-order valence-electron chi connectivity index (χ2n) is 6.29. The first kappa shape index (κ1) is 18.7. The van der Waals surface area contributed by atoms with Crippen LogP contribution < -0.4 is 0 Å². The monoisotopic (exact) mass is 375 g/mol. The average molecular weight is 375 g/mol. The van der Waals surface area contributed by atoms with Crippen LogP contribution in [0.1, 0.15) is 16.7 Å². The van der Waals surface area contributed by atoms with Crippen LogP contribution in [0.3, 0.4) is 0 Å². The predicted molar refractivity (Wildman–Crippen MR) is 92.8 cm³/mol. The van der Waals surface area contributed by atoms with Gasteiger partial charge < -0.3 is 10.0 Å². The third-order valence-corrected chi connectivity index (χ3v) is 4.62. The van der Waals surface area contributed by atoms with Crippen molar-refractivity contribution in [3.8, 4) is 11.1 Å². The summed E-state index contributed by atoms with van der Waals surface area (Å²) in [7, 11) is 0. The van der Waals surface area contributed by atoms with Crippen molar-refractivity contribution in [2.24, 2.45) is 0 Å². The van der Waals surface area contributed by atoms with Gasteiger partial charge in [0.2, 0.25) is 5.91 Å². The van der Waals surface area contributed by atoms with Gasteiger partial charge in [0.15, 0.2) is 0 Å². The van der Waals surface area contributed by atoms with Crippen LogP contribution >= 0.6 is 0 Å². The molecule has 0 saturated carbocycles. The van der Waals surface area contributed by atoms with Gasteiger partial charge in [0.25, 0.3) is 0 Å². The van der Waals surface area contributed by atoms with Crippen LogP contribution in [0.15, 0.2) is 55.1 Å². The summed E-state index contributed by atoms with van der Waals surface area (Å²) in [6, 6.07) is 9.12. The fraction of sp³-hybridized carbons (Fsp3) is 0.200. The summed E-state index contributed by atoms with van der Waals surface area (Å²) < 4.78 is 38.1. The Bertz CT molecular complexity index is 904. The zero-order chi connectivity index (χ0) is 19.8. The molecule has 0 unspecified atom stereocenters. The van der Waals surface area contributed by atoms with Gasteiger partial charge in [-0.2, -0.15) is 13.2 Å². The molecule has 1 heterocycles. The van der Waals surface area contributed by atoms with Gasteiger partial charge in [-0.3, -0.25) is 4.79 Å². The smallest absolute Gasteiger partial charge is 0.416 e. The third kappa shape index (κ3) is 3.72. The van der Waals surface area contributed by atoms with Crippen LogP contribution in [0.2, 0.25) is 0 Å². The summed E-state index contributed by atoms with van der Waals surface area (Å²) in [5.74, 6) is -1.57. The zero-order valence-corrected chi connectivity index (χ0v) is 14.2. The van der Waals surface area contributed by atoms with E-state index in [0.717, 1.165) is 29.3 Å². The SMILES string of the molecule is C=CC(=O)N1Cc2cc(-c3ccc(C(F)(F)F)cc3)ccc2C[C@H]1C(=O)O. The zero-order valence-electron chi connectivity index (χ0n) is 14.2. The summed E-state index contributed by atoms with van der Waals surface area (Å²) in [5, 5.41) is 9.38. The Morgan fingerprint density at radius 2 is 1.70 bits per heavy atom. The van der Waals surface area contributed by atoms with Crippen LogP contribution in [0.25, 0.3) is 11.1 Å². The number of carboxylic acids is 1. The number of hydrogen-bond donors (Lipinski definition) is 1. The van der Waals surface area contributed by atoms with Gasteiger partial charge in [0.1, 0.15) is 6.04 Å². The average Bonchev–Trinajstić information content (AvgIpc) is 2.65. The topological polar surface area (TPSA) is 57.6 Å². The molecule has 4 nitrogen and oxygen atoms in total. The summed E-state index contributed by atoms with van der Waals surface area (Å²) in [5.41, 5.74) is 2.14. The number of nitrogens with zero attached hydrogens (tertiary/aromatic N) is 1.